The minimum absolute atomic E-state index is 0. The number of carboxylic acid groups (broad SMARTS) is 2. The zero-order chi connectivity index (χ0) is 6.57. The average molecular weight is 212 g/mol. The first kappa shape index (κ1) is 39.0. The normalized spacial score (nSPS) is 5.23. The second-order valence-corrected chi connectivity index (χ2v) is 1.24. The maximum Gasteiger partial charge on any atom is 2.00 e. The molecule has 0 aromatic heterocycles. The molecule has 78 valence electrons. The number of carbonyl (C=O) groups is 2. The number of carbonyl (C=O) groups excluding carboxylic acids is 2. The molecule has 0 bridgehead atoms. The summed E-state index contributed by atoms with van der Waals surface area (Å²) in [4.78, 5) is 19.0. The summed E-state index contributed by atoms with van der Waals surface area (Å²) in [6, 6.07) is 0. The van der Waals surface area contributed by atoms with Crippen molar-refractivity contribution >= 4 is 35.0 Å². The molecule has 0 amide bonds. The zero-order valence-electron chi connectivity index (χ0n) is 6.75. The second-order valence-electron chi connectivity index (χ2n) is 1.24. The molecule has 9 heteroatoms. The van der Waals surface area contributed by atoms with Crippen molar-refractivity contribution in [2.24, 2.45) is 0 Å². The van der Waals surface area contributed by atoms with E-state index in [-0.39, 0.29) is 45.0 Å². The molecule has 0 fully saturated rings. The fourth-order valence-corrected chi connectivity index (χ4v) is 0.204. The number of rotatable bonds is 3. The van der Waals surface area contributed by atoms with Gasteiger partial charge in [0.1, 0.15) is 0 Å². The monoisotopic (exact) mass is 212 g/mol. The number of hydrogen-bond acceptors (Lipinski definition) is 4. The van der Waals surface area contributed by atoms with Crippen LogP contribution in [0.5, 0.6) is 0 Å². The van der Waals surface area contributed by atoms with Crippen LogP contribution in [0, 0.1) is 0 Å². The molecule has 0 aliphatic rings. The summed E-state index contributed by atoms with van der Waals surface area (Å²) in [6.45, 7) is 0. The fourth-order valence-electron chi connectivity index (χ4n) is 0.204. The van der Waals surface area contributed by atoms with Gasteiger partial charge in [0, 0.05) is 11.9 Å². The fraction of sp³-hybridized carbons (Fsp3) is 0.500. The molecule has 0 aromatic carbocycles. The predicted molar refractivity (Wildman–Crippen MR) is 39.5 cm³/mol. The van der Waals surface area contributed by atoms with Gasteiger partial charge in [-0.15, -0.1) is 0 Å². The largest absolute Gasteiger partial charge is 2.00 e. The minimum atomic E-state index is -1.37. The SMILES string of the molecule is O.O.O.O.O=C([O-])CCC(=O)[O-].[Mg+2]. The third-order valence-corrected chi connectivity index (χ3v) is 0.533. The summed E-state index contributed by atoms with van der Waals surface area (Å²) >= 11 is 0. The predicted octanol–water partition coefficient (Wildman–Crippen LogP) is -6.41. The van der Waals surface area contributed by atoms with Crippen LogP contribution >= 0.6 is 0 Å². The Labute approximate surface area is 89.9 Å². The third-order valence-electron chi connectivity index (χ3n) is 0.533. The van der Waals surface area contributed by atoms with Crippen molar-refractivity contribution in [3.8, 4) is 0 Å². The van der Waals surface area contributed by atoms with E-state index >= 15 is 0 Å². The summed E-state index contributed by atoms with van der Waals surface area (Å²) < 4.78 is 0. The van der Waals surface area contributed by atoms with Gasteiger partial charge in [-0.05, 0) is 12.8 Å². The van der Waals surface area contributed by atoms with Gasteiger partial charge in [-0.1, -0.05) is 0 Å². The van der Waals surface area contributed by atoms with Crippen molar-refractivity contribution in [1.82, 2.24) is 0 Å². The summed E-state index contributed by atoms with van der Waals surface area (Å²) in [5.74, 6) is -2.73. The number of aliphatic carboxylic acids is 2. The van der Waals surface area contributed by atoms with Gasteiger partial charge in [-0.2, -0.15) is 0 Å². The smallest absolute Gasteiger partial charge is 0.550 e. The molecule has 0 aliphatic heterocycles. The van der Waals surface area contributed by atoms with Gasteiger partial charge in [0.05, 0.1) is 0 Å². The Balaban J connectivity index is -0.0000000245. The molecular formula is C4H12MgO8. The molecule has 0 rings (SSSR count). The molecule has 0 aromatic rings. The Hall–Kier alpha value is -0.454. The van der Waals surface area contributed by atoms with E-state index in [9.17, 15) is 19.8 Å². The van der Waals surface area contributed by atoms with E-state index in [1.54, 1.807) is 0 Å². The van der Waals surface area contributed by atoms with Crippen molar-refractivity contribution in [3.63, 3.8) is 0 Å². The molecule has 0 saturated carbocycles. The average Bonchev–Trinajstić information content (AvgIpc) is 1.61. The Morgan fingerprint density at radius 2 is 0.923 bits per heavy atom. The van der Waals surface area contributed by atoms with Gasteiger partial charge < -0.3 is 41.7 Å². The summed E-state index contributed by atoms with van der Waals surface area (Å²) in [6.07, 6.45) is -0.940. The molecule has 0 spiro atoms. The van der Waals surface area contributed by atoms with E-state index < -0.39 is 24.8 Å². The number of hydrogen-bond donors (Lipinski definition) is 0. The Morgan fingerprint density at radius 3 is 1.00 bits per heavy atom. The van der Waals surface area contributed by atoms with E-state index in [4.69, 9.17) is 0 Å². The van der Waals surface area contributed by atoms with Crippen LogP contribution in [0.1, 0.15) is 12.8 Å². The second kappa shape index (κ2) is 22.6. The zero-order valence-corrected chi connectivity index (χ0v) is 8.17. The van der Waals surface area contributed by atoms with Crippen LogP contribution in [0.4, 0.5) is 0 Å². The number of carboxylic acids is 2. The van der Waals surface area contributed by atoms with Gasteiger partial charge in [0.25, 0.3) is 0 Å². The van der Waals surface area contributed by atoms with Crippen LogP contribution < -0.4 is 10.2 Å². The van der Waals surface area contributed by atoms with Crippen LogP contribution in [0.3, 0.4) is 0 Å². The van der Waals surface area contributed by atoms with E-state index in [0.717, 1.165) is 0 Å². The van der Waals surface area contributed by atoms with Crippen LogP contribution in [0.15, 0.2) is 0 Å². The molecule has 0 heterocycles. The molecular weight excluding hydrogens is 200 g/mol. The van der Waals surface area contributed by atoms with Crippen molar-refractivity contribution in [3.05, 3.63) is 0 Å². The van der Waals surface area contributed by atoms with Crippen LogP contribution in [0.2, 0.25) is 0 Å². The molecule has 0 aliphatic carbocycles. The summed E-state index contributed by atoms with van der Waals surface area (Å²) in [5, 5.41) is 19.0. The Bertz CT molecular complexity index is 101. The maximum atomic E-state index is 9.50. The van der Waals surface area contributed by atoms with Crippen LogP contribution in [0.25, 0.3) is 0 Å². The van der Waals surface area contributed by atoms with E-state index in [1.165, 1.54) is 0 Å². The molecule has 8 N–H and O–H groups in total. The van der Waals surface area contributed by atoms with Gasteiger partial charge in [-0.25, -0.2) is 0 Å². The summed E-state index contributed by atoms with van der Waals surface area (Å²) in [5.41, 5.74) is 0. The first-order chi connectivity index (χ1) is 3.63. The Kier molecular flexibility index (Phi) is 67.7. The van der Waals surface area contributed by atoms with Crippen molar-refractivity contribution in [2.75, 3.05) is 0 Å². The topological polar surface area (TPSA) is 206 Å². The molecule has 0 unspecified atom stereocenters. The molecule has 0 radical (unpaired) electrons. The first-order valence-corrected chi connectivity index (χ1v) is 2.02. The first-order valence-electron chi connectivity index (χ1n) is 2.02. The summed E-state index contributed by atoms with van der Waals surface area (Å²) in [7, 11) is 0. The van der Waals surface area contributed by atoms with Crippen LogP contribution in [-0.2, 0) is 9.59 Å². The standard InChI is InChI=1S/C4H6O4.Mg.4H2O/c5-3(6)1-2-4(7)8;;;;;/h1-2H2,(H,5,6)(H,7,8);;4*1H2/q;+2;;;;/p-2. The quantitative estimate of drug-likeness (QED) is 0.418. The van der Waals surface area contributed by atoms with E-state index in [2.05, 4.69) is 0 Å². The van der Waals surface area contributed by atoms with Gasteiger partial charge in [0.15, 0.2) is 0 Å². The third kappa shape index (κ3) is 50.9. The molecule has 13 heavy (non-hydrogen) atoms. The van der Waals surface area contributed by atoms with E-state index in [0.29, 0.717) is 0 Å². The van der Waals surface area contributed by atoms with Crippen molar-refractivity contribution in [1.29, 1.82) is 0 Å². The molecule has 0 atom stereocenters. The molecule has 0 saturated heterocycles. The van der Waals surface area contributed by atoms with Crippen molar-refractivity contribution < 1.29 is 41.7 Å². The van der Waals surface area contributed by atoms with Gasteiger partial charge in [0.2, 0.25) is 0 Å². The molecule has 8 nitrogen and oxygen atoms in total. The Morgan fingerprint density at radius 1 is 0.769 bits per heavy atom. The van der Waals surface area contributed by atoms with Crippen LogP contribution in [-0.4, -0.2) is 56.9 Å². The van der Waals surface area contributed by atoms with Gasteiger partial charge in [-0.3, -0.25) is 0 Å². The van der Waals surface area contributed by atoms with E-state index in [1.807, 2.05) is 0 Å². The van der Waals surface area contributed by atoms with Gasteiger partial charge >= 0.3 is 23.1 Å². The van der Waals surface area contributed by atoms with Crippen molar-refractivity contribution in [2.45, 2.75) is 12.8 Å². The minimum Gasteiger partial charge on any atom is -0.550 e. The maximum absolute atomic E-state index is 9.50.